The molecule has 6 heteroatoms. The van der Waals surface area contributed by atoms with Gasteiger partial charge in [-0.1, -0.05) is 22.0 Å². The van der Waals surface area contributed by atoms with E-state index < -0.39 is 0 Å². The monoisotopic (exact) mass is 433 g/mol. The van der Waals surface area contributed by atoms with Crippen LogP contribution in [0.5, 0.6) is 5.75 Å². The van der Waals surface area contributed by atoms with Crippen LogP contribution in [0.15, 0.2) is 40.9 Å². The quantitative estimate of drug-likeness (QED) is 0.714. The lowest BCUT2D eigenvalue weighted by Gasteiger charge is -2.37. The number of anilines is 2. The van der Waals surface area contributed by atoms with E-state index in [1.54, 1.807) is 7.11 Å². The van der Waals surface area contributed by atoms with Gasteiger partial charge in [0, 0.05) is 36.3 Å². The van der Waals surface area contributed by atoms with Crippen LogP contribution in [0, 0.1) is 13.8 Å². The number of ether oxygens (including phenoxy) is 1. The van der Waals surface area contributed by atoms with Gasteiger partial charge in [0.05, 0.1) is 12.8 Å². The van der Waals surface area contributed by atoms with Crippen molar-refractivity contribution in [3.63, 3.8) is 0 Å². The Kier molecular flexibility index (Phi) is 6.04. The van der Waals surface area contributed by atoms with E-state index in [-0.39, 0.29) is 0 Å². The Bertz CT molecular complexity index is 804. The zero-order chi connectivity index (χ0) is 18.7. The summed E-state index contributed by atoms with van der Waals surface area (Å²) < 4.78 is 6.61. The molecule has 1 heterocycles. The fourth-order valence-electron chi connectivity index (χ4n) is 3.09. The number of nitrogens with one attached hydrogen (secondary N) is 1. The van der Waals surface area contributed by atoms with Gasteiger partial charge in [0.1, 0.15) is 5.75 Å². The minimum Gasteiger partial charge on any atom is -0.495 e. The number of rotatable bonds is 3. The Labute approximate surface area is 169 Å². The molecule has 1 saturated heterocycles. The Balaban J connectivity index is 1.63. The minimum atomic E-state index is 0.750. The topological polar surface area (TPSA) is 27.7 Å². The number of methoxy groups -OCH3 is 1. The van der Waals surface area contributed by atoms with Gasteiger partial charge >= 0.3 is 0 Å². The van der Waals surface area contributed by atoms with Crippen molar-refractivity contribution in [2.75, 3.05) is 43.5 Å². The molecule has 0 spiro atoms. The molecule has 0 aliphatic carbocycles. The summed E-state index contributed by atoms with van der Waals surface area (Å²) in [5.41, 5.74) is 4.60. The predicted molar refractivity (Wildman–Crippen MR) is 117 cm³/mol. The van der Waals surface area contributed by atoms with E-state index in [1.807, 2.05) is 6.07 Å². The van der Waals surface area contributed by atoms with Crippen molar-refractivity contribution in [3.8, 4) is 5.75 Å². The summed E-state index contributed by atoms with van der Waals surface area (Å²) in [6.07, 6.45) is 0. The number of halogens is 1. The second-order valence-electron chi connectivity index (χ2n) is 6.52. The molecule has 0 saturated carbocycles. The van der Waals surface area contributed by atoms with Crippen molar-refractivity contribution in [1.82, 2.24) is 4.90 Å². The summed E-state index contributed by atoms with van der Waals surface area (Å²) in [4.78, 5) is 4.61. The molecule has 0 unspecified atom stereocenters. The summed E-state index contributed by atoms with van der Waals surface area (Å²) in [6.45, 7) is 7.86. The van der Waals surface area contributed by atoms with Crippen molar-refractivity contribution in [3.05, 3.63) is 52.0 Å². The molecule has 4 nitrogen and oxygen atoms in total. The molecule has 0 aromatic heterocycles. The average molecular weight is 434 g/mol. The Hall–Kier alpha value is -1.79. The number of nitrogens with zero attached hydrogens (tertiary/aromatic N) is 2. The summed E-state index contributed by atoms with van der Waals surface area (Å²) in [5.74, 6) is 0.822. The summed E-state index contributed by atoms with van der Waals surface area (Å²) in [6, 6.07) is 12.6. The van der Waals surface area contributed by atoms with Gasteiger partial charge in [-0.3, -0.25) is 0 Å². The molecule has 0 bridgehead atoms. The third kappa shape index (κ3) is 4.30. The van der Waals surface area contributed by atoms with E-state index in [2.05, 4.69) is 75.2 Å². The smallest absolute Gasteiger partial charge is 0.173 e. The molecule has 2 aromatic rings. The molecule has 0 radical (unpaired) electrons. The van der Waals surface area contributed by atoms with E-state index in [4.69, 9.17) is 17.0 Å². The van der Waals surface area contributed by atoms with Gasteiger partial charge in [0.25, 0.3) is 0 Å². The van der Waals surface area contributed by atoms with Crippen LogP contribution in [0.3, 0.4) is 0 Å². The Morgan fingerprint density at radius 2 is 1.77 bits per heavy atom. The fourth-order valence-corrected chi connectivity index (χ4v) is 3.77. The van der Waals surface area contributed by atoms with Crippen LogP contribution in [0.4, 0.5) is 11.4 Å². The van der Waals surface area contributed by atoms with Crippen molar-refractivity contribution >= 4 is 44.6 Å². The first-order valence-electron chi connectivity index (χ1n) is 8.69. The molecular formula is C20H24BrN3OS. The van der Waals surface area contributed by atoms with E-state index in [0.29, 0.717) is 0 Å². The van der Waals surface area contributed by atoms with Gasteiger partial charge in [-0.25, -0.2) is 0 Å². The maximum atomic E-state index is 5.65. The normalized spacial score (nSPS) is 14.3. The highest BCUT2D eigenvalue weighted by Gasteiger charge is 2.20. The highest BCUT2D eigenvalue weighted by molar-refractivity contribution is 9.10. The van der Waals surface area contributed by atoms with Crippen LogP contribution in [0.1, 0.15) is 11.1 Å². The third-order valence-corrected chi connectivity index (χ3v) is 5.65. The van der Waals surface area contributed by atoms with E-state index >= 15 is 0 Å². The predicted octanol–water partition coefficient (Wildman–Crippen LogP) is 4.59. The number of benzene rings is 2. The highest BCUT2D eigenvalue weighted by atomic mass is 79.9. The Morgan fingerprint density at radius 3 is 2.42 bits per heavy atom. The van der Waals surface area contributed by atoms with Crippen LogP contribution >= 0.6 is 28.1 Å². The third-order valence-electron chi connectivity index (χ3n) is 4.80. The first-order chi connectivity index (χ1) is 12.5. The molecule has 138 valence electrons. The van der Waals surface area contributed by atoms with Gasteiger partial charge in [-0.2, -0.15) is 0 Å². The molecule has 1 aliphatic rings. The molecule has 0 atom stereocenters. The standard InChI is InChI=1S/C20H24BrN3OS/c1-14-11-18(19(25-3)12-15(14)2)22-20(26)24-9-7-23(8-10-24)17-6-4-5-16(21)13-17/h4-6,11-13H,7-10H2,1-3H3,(H,22,26). The highest BCUT2D eigenvalue weighted by Crippen LogP contribution is 2.28. The average Bonchev–Trinajstić information content (AvgIpc) is 2.64. The number of thiocarbonyl (C=S) groups is 1. The van der Waals surface area contributed by atoms with Gasteiger partial charge in [0.15, 0.2) is 5.11 Å². The molecule has 2 aromatic carbocycles. The zero-order valence-corrected chi connectivity index (χ0v) is 17.8. The zero-order valence-electron chi connectivity index (χ0n) is 15.4. The lowest BCUT2D eigenvalue weighted by atomic mass is 10.1. The summed E-state index contributed by atoms with van der Waals surface area (Å²) >= 11 is 9.19. The lowest BCUT2D eigenvalue weighted by Crippen LogP contribution is -2.50. The number of hydrogen-bond donors (Lipinski definition) is 1. The van der Waals surface area contributed by atoms with Crippen molar-refractivity contribution in [2.45, 2.75) is 13.8 Å². The maximum absolute atomic E-state index is 5.65. The largest absolute Gasteiger partial charge is 0.495 e. The molecular weight excluding hydrogens is 410 g/mol. The van der Waals surface area contributed by atoms with Crippen LogP contribution in [0.25, 0.3) is 0 Å². The van der Waals surface area contributed by atoms with Crippen molar-refractivity contribution < 1.29 is 4.74 Å². The lowest BCUT2D eigenvalue weighted by molar-refractivity contribution is 0.390. The van der Waals surface area contributed by atoms with Crippen molar-refractivity contribution in [1.29, 1.82) is 0 Å². The molecule has 26 heavy (non-hydrogen) atoms. The van der Waals surface area contributed by atoms with Crippen LogP contribution in [-0.4, -0.2) is 43.3 Å². The molecule has 1 aliphatic heterocycles. The van der Waals surface area contributed by atoms with Crippen LogP contribution in [-0.2, 0) is 0 Å². The molecule has 3 rings (SSSR count). The fraction of sp³-hybridized carbons (Fsp3) is 0.350. The van der Waals surface area contributed by atoms with Gasteiger partial charge in [0.2, 0.25) is 0 Å². The van der Waals surface area contributed by atoms with Gasteiger partial charge < -0.3 is 19.9 Å². The number of aryl methyl sites for hydroxylation is 2. The first-order valence-corrected chi connectivity index (χ1v) is 9.89. The van der Waals surface area contributed by atoms with Crippen molar-refractivity contribution in [2.24, 2.45) is 0 Å². The Morgan fingerprint density at radius 1 is 1.08 bits per heavy atom. The molecule has 1 fully saturated rings. The van der Waals surface area contributed by atoms with Crippen LogP contribution < -0.4 is 15.0 Å². The molecule has 1 N–H and O–H groups in total. The second kappa shape index (κ2) is 8.27. The van der Waals surface area contributed by atoms with E-state index in [1.165, 1.54) is 16.8 Å². The first kappa shape index (κ1) is 19.0. The van der Waals surface area contributed by atoms with E-state index in [9.17, 15) is 0 Å². The maximum Gasteiger partial charge on any atom is 0.173 e. The van der Waals surface area contributed by atoms with Crippen LogP contribution in [0.2, 0.25) is 0 Å². The number of piperazine rings is 1. The van der Waals surface area contributed by atoms with E-state index in [0.717, 1.165) is 47.2 Å². The summed E-state index contributed by atoms with van der Waals surface area (Å²) in [7, 11) is 1.69. The minimum absolute atomic E-state index is 0.750. The SMILES string of the molecule is COc1cc(C)c(C)cc1NC(=S)N1CCN(c2cccc(Br)c2)CC1. The molecule has 0 amide bonds. The van der Waals surface area contributed by atoms with Gasteiger partial charge in [-0.05, 0) is 67.5 Å². The van der Waals surface area contributed by atoms with Gasteiger partial charge in [-0.15, -0.1) is 0 Å². The second-order valence-corrected chi connectivity index (χ2v) is 7.82. The summed E-state index contributed by atoms with van der Waals surface area (Å²) in [5, 5.41) is 4.12. The number of hydrogen-bond acceptors (Lipinski definition) is 3.